The first kappa shape index (κ1) is 20.3. The van der Waals surface area contributed by atoms with E-state index in [1.54, 1.807) is 26.0 Å². The van der Waals surface area contributed by atoms with Gasteiger partial charge in [-0.25, -0.2) is 4.79 Å². The Morgan fingerprint density at radius 2 is 1.70 bits per heavy atom. The molecule has 0 aromatic heterocycles. The minimum absolute atomic E-state index is 0.0136. The Kier molecular flexibility index (Phi) is 6.14. The van der Waals surface area contributed by atoms with Crippen LogP contribution in [0.1, 0.15) is 25.8 Å². The van der Waals surface area contributed by atoms with Gasteiger partial charge >= 0.3 is 6.03 Å². The van der Waals surface area contributed by atoms with Crippen molar-refractivity contribution in [3.8, 4) is 17.2 Å². The standard InChI is InChI=1S/C18H25N3O6/c1-18(2)16(23)21(17(24)20-18)7-6-14(22)19-10-11-8-12(25-3)15(27-5)13(9-11)26-4/h8-9H,6-7,10H2,1-5H3,(H,19,22)(H,20,24). The normalized spacial score (nSPS) is 15.4. The highest BCUT2D eigenvalue weighted by molar-refractivity contribution is 6.06. The summed E-state index contributed by atoms with van der Waals surface area (Å²) in [6.07, 6.45) is 0.0136. The maximum absolute atomic E-state index is 12.1. The van der Waals surface area contributed by atoms with Crippen LogP contribution in [0.4, 0.5) is 4.79 Å². The van der Waals surface area contributed by atoms with E-state index in [-0.39, 0.29) is 31.3 Å². The Labute approximate surface area is 157 Å². The van der Waals surface area contributed by atoms with Gasteiger partial charge in [0.05, 0.1) is 21.3 Å². The Hall–Kier alpha value is -2.97. The van der Waals surface area contributed by atoms with Crippen LogP contribution in [-0.2, 0) is 16.1 Å². The van der Waals surface area contributed by atoms with E-state index in [1.165, 1.54) is 21.3 Å². The summed E-state index contributed by atoms with van der Waals surface area (Å²) < 4.78 is 15.8. The van der Waals surface area contributed by atoms with Gasteiger partial charge in [0, 0.05) is 19.5 Å². The number of amides is 4. The lowest BCUT2D eigenvalue weighted by Crippen LogP contribution is -2.40. The van der Waals surface area contributed by atoms with Crippen molar-refractivity contribution in [2.24, 2.45) is 0 Å². The molecule has 1 fully saturated rings. The molecule has 0 aliphatic carbocycles. The van der Waals surface area contributed by atoms with Crippen molar-refractivity contribution in [3.05, 3.63) is 17.7 Å². The van der Waals surface area contributed by atoms with Crippen LogP contribution in [0.5, 0.6) is 17.2 Å². The number of benzene rings is 1. The Morgan fingerprint density at radius 1 is 1.11 bits per heavy atom. The highest BCUT2D eigenvalue weighted by Crippen LogP contribution is 2.38. The Morgan fingerprint density at radius 3 is 2.15 bits per heavy atom. The third-order valence-corrected chi connectivity index (χ3v) is 4.22. The van der Waals surface area contributed by atoms with E-state index in [0.29, 0.717) is 17.2 Å². The average molecular weight is 379 g/mol. The summed E-state index contributed by atoms with van der Waals surface area (Å²) in [7, 11) is 4.54. The maximum atomic E-state index is 12.1. The highest BCUT2D eigenvalue weighted by atomic mass is 16.5. The number of carbonyl (C=O) groups excluding carboxylic acids is 3. The van der Waals surface area contributed by atoms with E-state index in [4.69, 9.17) is 14.2 Å². The van der Waals surface area contributed by atoms with Crippen molar-refractivity contribution in [1.29, 1.82) is 0 Å². The molecule has 1 heterocycles. The summed E-state index contributed by atoms with van der Waals surface area (Å²) >= 11 is 0. The Bertz CT molecular complexity index is 722. The topological polar surface area (TPSA) is 106 Å². The zero-order valence-corrected chi connectivity index (χ0v) is 16.2. The van der Waals surface area contributed by atoms with Crippen molar-refractivity contribution in [2.45, 2.75) is 32.4 Å². The minimum atomic E-state index is -0.941. The first-order valence-electron chi connectivity index (χ1n) is 8.43. The van der Waals surface area contributed by atoms with E-state index < -0.39 is 11.6 Å². The number of rotatable bonds is 8. The molecule has 2 rings (SSSR count). The SMILES string of the molecule is COc1cc(CNC(=O)CCN2C(=O)NC(C)(C)C2=O)cc(OC)c1OC. The van der Waals surface area contributed by atoms with Gasteiger partial charge in [0.15, 0.2) is 11.5 Å². The number of nitrogens with zero attached hydrogens (tertiary/aromatic N) is 1. The quantitative estimate of drug-likeness (QED) is 0.654. The van der Waals surface area contributed by atoms with Gasteiger partial charge in [-0.2, -0.15) is 0 Å². The lowest BCUT2D eigenvalue weighted by molar-refractivity contribution is -0.130. The minimum Gasteiger partial charge on any atom is -0.493 e. The number of carbonyl (C=O) groups is 3. The van der Waals surface area contributed by atoms with Crippen molar-refractivity contribution in [2.75, 3.05) is 27.9 Å². The molecule has 27 heavy (non-hydrogen) atoms. The molecular weight excluding hydrogens is 354 g/mol. The van der Waals surface area contributed by atoms with E-state index in [1.807, 2.05) is 0 Å². The van der Waals surface area contributed by atoms with Crippen molar-refractivity contribution < 1.29 is 28.6 Å². The van der Waals surface area contributed by atoms with Gasteiger partial charge in [-0.3, -0.25) is 14.5 Å². The summed E-state index contributed by atoms with van der Waals surface area (Å²) in [4.78, 5) is 37.1. The van der Waals surface area contributed by atoms with Crippen LogP contribution in [0, 0.1) is 0 Å². The first-order valence-corrected chi connectivity index (χ1v) is 8.43. The molecule has 0 radical (unpaired) electrons. The summed E-state index contributed by atoms with van der Waals surface area (Å²) in [5.74, 6) is 0.820. The molecule has 0 unspecified atom stereocenters. The average Bonchev–Trinajstić information content (AvgIpc) is 2.84. The van der Waals surface area contributed by atoms with Gasteiger partial charge in [0.2, 0.25) is 11.7 Å². The maximum Gasteiger partial charge on any atom is 0.325 e. The molecule has 2 N–H and O–H groups in total. The van der Waals surface area contributed by atoms with Crippen molar-refractivity contribution in [3.63, 3.8) is 0 Å². The third-order valence-electron chi connectivity index (χ3n) is 4.22. The van der Waals surface area contributed by atoms with Crippen LogP contribution in [0.2, 0.25) is 0 Å². The smallest absolute Gasteiger partial charge is 0.325 e. The van der Waals surface area contributed by atoms with Gasteiger partial charge in [-0.1, -0.05) is 0 Å². The molecule has 0 spiro atoms. The van der Waals surface area contributed by atoms with Gasteiger partial charge in [0.1, 0.15) is 5.54 Å². The van der Waals surface area contributed by atoms with Crippen molar-refractivity contribution >= 4 is 17.8 Å². The molecular formula is C18H25N3O6. The zero-order valence-electron chi connectivity index (χ0n) is 16.2. The second-order valence-corrected chi connectivity index (χ2v) is 6.57. The number of nitrogens with one attached hydrogen (secondary N) is 2. The number of hydrogen-bond acceptors (Lipinski definition) is 6. The number of urea groups is 1. The molecule has 4 amide bonds. The molecule has 0 saturated carbocycles. The lowest BCUT2D eigenvalue weighted by Gasteiger charge is -2.16. The second-order valence-electron chi connectivity index (χ2n) is 6.57. The molecule has 1 aromatic rings. The van der Waals surface area contributed by atoms with Crippen LogP contribution in [0.15, 0.2) is 12.1 Å². The summed E-state index contributed by atoms with van der Waals surface area (Å²) in [6.45, 7) is 3.51. The van der Waals surface area contributed by atoms with Gasteiger partial charge in [-0.15, -0.1) is 0 Å². The molecule has 9 nitrogen and oxygen atoms in total. The fourth-order valence-corrected chi connectivity index (χ4v) is 2.76. The molecule has 9 heteroatoms. The summed E-state index contributed by atoms with van der Waals surface area (Å²) in [6, 6.07) is 2.99. The first-order chi connectivity index (χ1) is 12.7. The number of hydrogen-bond donors (Lipinski definition) is 2. The summed E-state index contributed by atoms with van der Waals surface area (Å²) in [5.41, 5.74) is -0.182. The number of methoxy groups -OCH3 is 3. The van der Waals surface area contributed by atoms with Crippen LogP contribution < -0.4 is 24.8 Å². The summed E-state index contributed by atoms with van der Waals surface area (Å²) in [5, 5.41) is 5.33. The Balaban J connectivity index is 1.94. The molecule has 1 aromatic carbocycles. The van der Waals surface area contributed by atoms with Gasteiger partial charge in [0.25, 0.3) is 5.91 Å². The largest absolute Gasteiger partial charge is 0.493 e. The fraction of sp³-hybridized carbons (Fsp3) is 0.500. The molecule has 0 atom stereocenters. The van der Waals surface area contributed by atoms with E-state index >= 15 is 0 Å². The second kappa shape index (κ2) is 8.15. The fourth-order valence-electron chi connectivity index (χ4n) is 2.76. The number of ether oxygens (including phenoxy) is 3. The van der Waals surface area contributed by atoms with E-state index in [2.05, 4.69) is 10.6 Å². The van der Waals surface area contributed by atoms with Crippen LogP contribution >= 0.6 is 0 Å². The van der Waals surface area contributed by atoms with Crippen LogP contribution in [0.3, 0.4) is 0 Å². The van der Waals surface area contributed by atoms with Crippen LogP contribution in [-0.4, -0.2) is 56.2 Å². The number of imide groups is 1. The zero-order chi connectivity index (χ0) is 20.2. The van der Waals surface area contributed by atoms with E-state index in [0.717, 1.165) is 10.5 Å². The van der Waals surface area contributed by atoms with Gasteiger partial charge < -0.3 is 24.8 Å². The molecule has 1 aliphatic heterocycles. The predicted molar refractivity (Wildman–Crippen MR) is 96.9 cm³/mol. The van der Waals surface area contributed by atoms with E-state index in [9.17, 15) is 14.4 Å². The van der Waals surface area contributed by atoms with Crippen LogP contribution in [0.25, 0.3) is 0 Å². The third kappa shape index (κ3) is 4.42. The molecule has 148 valence electrons. The van der Waals surface area contributed by atoms with Crippen molar-refractivity contribution in [1.82, 2.24) is 15.5 Å². The molecule has 1 aliphatic rings. The molecule has 1 saturated heterocycles. The monoisotopic (exact) mass is 379 g/mol. The predicted octanol–water partition coefficient (Wildman–Crippen LogP) is 1.05. The van der Waals surface area contributed by atoms with Gasteiger partial charge in [-0.05, 0) is 31.5 Å². The lowest BCUT2D eigenvalue weighted by atomic mass is 10.1. The highest BCUT2D eigenvalue weighted by Gasteiger charge is 2.43. The molecule has 0 bridgehead atoms.